The van der Waals surface area contributed by atoms with Crippen LogP contribution in [0.2, 0.25) is 0 Å². The second kappa shape index (κ2) is 3.05. The maximum atomic E-state index is 11.2. The van der Waals surface area contributed by atoms with Crippen LogP contribution in [-0.2, 0) is 7.05 Å². The van der Waals surface area contributed by atoms with E-state index in [2.05, 4.69) is 5.10 Å². The van der Waals surface area contributed by atoms with Gasteiger partial charge in [0.25, 0.3) is 5.56 Å². The largest absolute Gasteiger partial charge is 0.493 e. The lowest BCUT2D eigenvalue weighted by Gasteiger charge is -2.01. The first-order valence-corrected chi connectivity index (χ1v) is 3.21. The highest BCUT2D eigenvalue weighted by Gasteiger charge is 2.08. The molecule has 1 aromatic rings. The van der Waals surface area contributed by atoms with Gasteiger partial charge in [0, 0.05) is 7.05 Å². The summed E-state index contributed by atoms with van der Waals surface area (Å²) in [4.78, 5) is 11.2. The van der Waals surface area contributed by atoms with E-state index in [1.807, 2.05) is 0 Å². The fourth-order valence-corrected chi connectivity index (χ4v) is 0.781. The summed E-state index contributed by atoms with van der Waals surface area (Å²) in [6.45, 7) is 0. The van der Waals surface area contributed by atoms with Crippen LogP contribution in [0.15, 0.2) is 11.0 Å². The normalized spacial score (nSPS) is 9.08. The van der Waals surface area contributed by atoms with Crippen LogP contribution >= 0.6 is 0 Å². The van der Waals surface area contributed by atoms with Crippen molar-refractivity contribution in [2.24, 2.45) is 7.05 Å². The van der Waals surface area contributed by atoms with E-state index in [0.717, 1.165) is 4.68 Å². The van der Waals surface area contributed by atoms with E-state index < -0.39 is 5.56 Å². The molecule has 0 radical (unpaired) electrons. The average molecular weight is 165 g/mol. The number of hydrogen-bond acceptors (Lipinski definition) is 4. The highest BCUT2D eigenvalue weighted by molar-refractivity contribution is 5.38. The van der Waals surface area contributed by atoms with E-state index in [9.17, 15) is 4.79 Å². The van der Waals surface area contributed by atoms with Gasteiger partial charge in [-0.3, -0.25) is 4.79 Å². The molecule has 1 aromatic heterocycles. The maximum absolute atomic E-state index is 11.2. The summed E-state index contributed by atoms with van der Waals surface area (Å²) in [5.41, 5.74) is -0.466. The SMILES string of the molecule is COc1cnn(C)c(=O)c1C#N. The second-order valence-electron chi connectivity index (χ2n) is 2.13. The molecular weight excluding hydrogens is 158 g/mol. The van der Waals surface area contributed by atoms with Gasteiger partial charge in [-0.1, -0.05) is 0 Å². The van der Waals surface area contributed by atoms with E-state index >= 15 is 0 Å². The lowest BCUT2D eigenvalue weighted by Crippen LogP contribution is -2.22. The van der Waals surface area contributed by atoms with Crippen LogP contribution in [0.3, 0.4) is 0 Å². The molecule has 1 rings (SSSR count). The van der Waals surface area contributed by atoms with Gasteiger partial charge in [-0.2, -0.15) is 10.4 Å². The van der Waals surface area contributed by atoms with Gasteiger partial charge in [-0.05, 0) is 0 Å². The van der Waals surface area contributed by atoms with Crippen LogP contribution < -0.4 is 10.3 Å². The Morgan fingerprint density at radius 3 is 2.92 bits per heavy atom. The van der Waals surface area contributed by atoms with E-state index in [1.54, 1.807) is 6.07 Å². The summed E-state index contributed by atoms with van der Waals surface area (Å²) in [5.74, 6) is 0.209. The molecule has 0 saturated heterocycles. The van der Waals surface area contributed by atoms with Crippen LogP contribution in [0, 0.1) is 11.3 Å². The van der Waals surface area contributed by atoms with Gasteiger partial charge < -0.3 is 4.74 Å². The highest BCUT2D eigenvalue weighted by atomic mass is 16.5. The predicted octanol–water partition coefficient (Wildman–Crippen LogP) is -0.339. The molecule has 5 heteroatoms. The number of rotatable bonds is 1. The summed E-state index contributed by atoms with van der Waals surface area (Å²) in [7, 11) is 2.86. The minimum absolute atomic E-state index is 0.0185. The molecule has 0 spiro atoms. The number of aromatic nitrogens is 2. The topological polar surface area (TPSA) is 67.9 Å². The minimum atomic E-state index is -0.447. The number of hydrogen-bond donors (Lipinski definition) is 0. The second-order valence-corrected chi connectivity index (χ2v) is 2.13. The Bertz CT molecular complexity index is 389. The number of nitrogens with zero attached hydrogens (tertiary/aromatic N) is 3. The van der Waals surface area contributed by atoms with E-state index in [-0.39, 0.29) is 11.3 Å². The van der Waals surface area contributed by atoms with Gasteiger partial charge >= 0.3 is 0 Å². The molecule has 0 saturated carbocycles. The Morgan fingerprint density at radius 2 is 2.42 bits per heavy atom. The summed E-state index contributed by atoms with van der Waals surface area (Å²) in [6, 6.07) is 1.76. The monoisotopic (exact) mass is 165 g/mol. The smallest absolute Gasteiger partial charge is 0.288 e. The third kappa shape index (κ3) is 1.14. The molecule has 0 bridgehead atoms. The van der Waals surface area contributed by atoms with Crippen LogP contribution in [0.4, 0.5) is 0 Å². The Labute approximate surface area is 68.8 Å². The molecule has 0 amide bonds. The van der Waals surface area contributed by atoms with E-state index in [0.29, 0.717) is 0 Å². The van der Waals surface area contributed by atoms with Crippen molar-refractivity contribution in [3.05, 3.63) is 22.1 Å². The van der Waals surface area contributed by atoms with Gasteiger partial charge in [0.15, 0.2) is 11.3 Å². The Morgan fingerprint density at radius 1 is 1.75 bits per heavy atom. The lowest BCUT2D eigenvalue weighted by atomic mass is 10.3. The van der Waals surface area contributed by atoms with Crippen molar-refractivity contribution in [2.75, 3.05) is 7.11 Å². The molecule has 0 unspecified atom stereocenters. The molecule has 62 valence electrons. The average Bonchev–Trinajstić information content (AvgIpc) is 2.09. The maximum Gasteiger partial charge on any atom is 0.288 e. The van der Waals surface area contributed by atoms with Crippen LogP contribution in [0.25, 0.3) is 0 Å². The van der Waals surface area contributed by atoms with Gasteiger partial charge in [-0.15, -0.1) is 0 Å². The van der Waals surface area contributed by atoms with Crippen molar-refractivity contribution in [1.29, 1.82) is 5.26 Å². The molecule has 0 fully saturated rings. The molecular formula is C7H7N3O2. The minimum Gasteiger partial charge on any atom is -0.493 e. The van der Waals surface area contributed by atoms with Gasteiger partial charge in [0.2, 0.25) is 0 Å². The van der Waals surface area contributed by atoms with Gasteiger partial charge in [-0.25, -0.2) is 4.68 Å². The first-order chi connectivity index (χ1) is 5.70. The van der Waals surface area contributed by atoms with Crippen molar-refractivity contribution in [3.8, 4) is 11.8 Å². The number of ether oxygens (including phenoxy) is 1. The summed E-state index contributed by atoms with van der Waals surface area (Å²) in [5, 5.41) is 12.3. The van der Waals surface area contributed by atoms with E-state index in [1.165, 1.54) is 20.4 Å². The fraction of sp³-hybridized carbons (Fsp3) is 0.286. The first kappa shape index (κ1) is 8.27. The summed E-state index contributed by atoms with van der Waals surface area (Å²) < 4.78 is 5.86. The Hall–Kier alpha value is -1.83. The van der Waals surface area contributed by atoms with Crippen molar-refractivity contribution >= 4 is 0 Å². The quantitative estimate of drug-likeness (QED) is 0.571. The molecule has 0 aliphatic heterocycles. The Balaban J connectivity index is 3.49. The molecule has 12 heavy (non-hydrogen) atoms. The Kier molecular flexibility index (Phi) is 2.10. The zero-order valence-electron chi connectivity index (χ0n) is 6.74. The molecule has 0 aliphatic carbocycles. The van der Waals surface area contributed by atoms with Gasteiger partial charge in [0.1, 0.15) is 6.07 Å². The lowest BCUT2D eigenvalue weighted by molar-refractivity contribution is 0.406. The van der Waals surface area contributed by atoms with Crippen molar-refractivity contribution < 1.29 is 4.74 Å². The van der Waals surface area contributed by atoms with Gasteiger partial charge in [0.05, 0.1) is 13.3 Å². The summed E-state index contributed by atoms with van der Waals surface area (Å²) in [6.07, 6.45) is 1.33. The fourth-order valence-electron chi connectivity index (χ4n) is 0.781. The molecule has 0 atom stereocenters. The molecule has 0 N–H and O–H groups in total. The summed E-state index contributed by atoms with van der Waals surface area (Å²) >= 11 is 0. The van der Waals surface area contributed by atoms with Crippen LogP contribution in [-0.4, -0.2) is 16.9 Å². The predicted molar refractivity (Wildman–Crippen MR) is 40.7 cm³/mol. The zero-order chi connectivity index (χ0) is 9.14. The van der Waals surface area contributed by atoms with Crippen molar-refractivity contribution in [3.63, 3.8) is 0 Å². The third-order valence-electron chi connectivity index (χ3n) is 1.43. The number of nitriles is 1. The highest BCUT2D eigenvalue weighted by Crippen LogP contribution is 2.08. The van der Waals surface area contributed by atoms with Crippen molar-refractivity contribution in [1.82, 2.24) is 9.78 Å². The number of aryl methyl sites for hydroxylation is 1. The van der Waals surface area contributed by atoms with Crippen molar-refractivity contribution in [2.45, 2.75) is 0 Å². The van der Waals surface area contributed by atoms with E-state index in [4.69, 9.17) is 10.00 Å². The zero-order valence-corrected chi connectivity index (χ0v) is 6.74. The molecule has 5 nitrogen and oxygen atoms in total. The van der Waals surface area contributed by atoms with Crippen LogP contribution in [0.5, 0.6) is 5.75 Å². The molecule has 0 aliphatic rings. The standard InChI is InChI=1S/C7H7N3O2/c1-10-7(11)5(3-8)6(12-2)4-9-10/h4H,1-2H3. The van der Waals surface area contributed by atoms with Crippen LogP contribution in [0.1, 0.15) is 5.56 Å². The molecule has 0 aromatic carbocycles. The third-order valence-corrected chi connectivity index (χ3v) is 1.43. The molecule has 1 heterocycles. The number of methoxy groups -OCH3 is 1. The first-order valence-electron chi connectivity index (χ1n) is 3.21.